The van der Waals surface area contributed by atoms with Crippen LogP contribution in [-0.4, -0.2) is 36.1 Å². The van der Waals surface area contributed by atoms with Gasteiger partial charge in [0.1, 0.15) is 11.0 Å². The van der Waals surface area contributed by atoms with Crippen molar-refractivity contribution in [1.29, 1.82) is 0 Å². The van der Waals surface area contributed by atoms with Gasteiger partial charge in [-0.05, 0) is 44.8 Å². The lowest BCUT2D eigenvalue weighted by molar-refractivity contribution is 0.392. The summed E-state index contributed by atoms with van der Waals surface area (Å²) in [6.07, 6.45) is 0. The van der Waals surface area contributed by atoms with E-state index in [2.05, 4.69) is 15.6 Å². The van der Waals surface area contributed by atoms with Gasteiger partial charge in [-0.25, -0.2) is 9.38 Å². The monoisotopic (exact) mass is 541 g/mol. The highest BCUT2D eigenvalue weighted by atomic mass is 127. The van der Waals surface area contributed by atoms with Crippen molar-refractivity contribution < 1.29 is 4.39 Å². The maximum absolute atomic E-state index is 13.9. The van der Waals surface area contributed by atoms with Crippen LogP contribution in [0.5, 0.6) is 0 Å². The number of aliphatic imine (C=N–C) groups is 1. The molecular weight excluding hydrogens is 515 g/mol. The molecule has 156 valence electrons. The van der Waals surface area contributed by atoms with E-state index in [1.54, 1.807) is 6.07 Å². The second-order valence-corrected chi connectivity index (χ2v) is 7.31. The first-order valence-electron chi connectivity index (χ1n) is 8.75. The number of guanidine groups is 1. The van der Waals surface area contributed by atoms with E-state index in [0.717, 1.165) is 17.8 Å². The Morgan fingerprint density at radius 3 is 2.50 bits per heavy atom. The van der Waals surface area contributed by atoms with Gasteiger partial charge in [0.05, 0.1) is 18.1 Å². The van der Waals surface area contributed by atoms with Crippen LogP contribution in [0.1, 0.15) is 23.7 Å². The molecule has 0 aliphatic heterocycles. The average molecular weight is 542 g/mol. The highest BCUT2D eigenvalue weighted by Crippen LogP contribution is 2.24. The molecule has 0 amide bonds. The molecule has 0 aliphatic rings. The van der Waals surface area contributed by atoms with E-state index in [0.29, 0.717) is 41.3 Å². The van der Waals surface area contributed by atoms with Crippen molar-refractivity contribution in [3.05, 3.63) is 57.1 Å². The lowest BCUT2D eigenvalue weighted by atomic mass is 10.1. The van der Waals surface area contributed by atoms with Crippen LogP contribution in [0, 0.1) is 5.82 Å². The molecule has 1 aromatic heterocycles. The predicted molar refractivity (Wildman–Crippen MR) is 126 cm³/mol. The minimum absolute atomic E-state index is 0. The molecule has 0 radical (unpaired) electrons. The molecule has 1 heterocycles. The minimum Gasteiger partial charge on any atom is -0.357 e. The summed E-state index contributed by atoms with van der Waals surface area (Å²) in [6.45, 7) is 4.27. The zero-order chi connectivity index (χ0) is 20.0. The maximum atomic E-state index is 13.9. The molecule has 0 saturated carbocycles. The molecule has 2 aromatic rings. The van der Waals surface area contributed by atoms with Crippen molar-refractivity contribution >= 4 is 53.1 Å². The second kappa shape index (κ2) is 11.8. The Labute approximate surface area is 193 Å². The van der Waals surface area contributed by atoms with Gasteiger partial charge in [-0.15, -0.1) is 24.0 Å². The Morgan fingerprint density at radius 2 is 1.93 bits per heavy atom. The van der Waals surface area contributed by atoms with Gasteiger partial charge < -0.3 is 20.1 Å². The molecule has 0 unspecified atom stereocenters. The molecule has 0 saturated heterocycles. The molecule has 2 rings (SSSR count). The summed E-state index contributed by atoms with van der Waals surface area (Å²) >= 11 is 12.2. The van der Waals surface area contributed by atoms with Gasteiger partial charge in [-0.1, -0.05) is 29.3 Å². The SMILES string of the molecule is CCNC(=NCc1ccc(F)c(CN(C)C)c1)NCc1cc(Cl)c(Cl)n1C.I. The van der Waals surface area contributed by atoms with Gasteiger partial charge in [0.25, 0.3) is 0 Å². The summed E-state index contributed by atoms with van der Waals surface area (Å²) < 4.78 is 15.7. The Kier molecular flexibility index (Phi) is 10.6. The number of aromatic nitrogens is 1. The zero-order valence-electron chi connectivity index (χ0n) is 16.5. The first kappa shape index (κ1) is 25.0. The molecule has 9 heteroatoms. The van der Waals surface area contributed by atoms with Crippen LogP contribution < -0.4 is 10.6 Å². The van der Waals surface area contributed by atoms with E-state index in [1.165, 1.54) is 6.07 Å². The van der Waals surface area contributed by atoms with Gasteiger partial charge in [-0.2, -0.15) is 0 Å². The molecule has 0 fully saturated rings. The fraction of sp³-hybridized carbons (Fsp3) is 0.421. The summed E-state index contributed by atoms with van der Waals surface area (Å²) in [5.74, 6) is 0.475. The predicted octanol–water partition coefficient (Wildman–Crippen LogP) is 4.41. The van der Waals surface area contributed by atoms with Gasteiger partial charge >= 0.3 is 0 Å². The summed E-state index contributed by atoms with van der Waals surface area (Å²) in [4.78, 5) is 6.53. The van der Waals surface area contributed by atoms with Crippen molar-refractivity contribution in [2.45, 2.75) is 26.6 Å². The summed E-state index contributed by atoms with van der Waals surface area (Å²) in [7, 11) is 5.69. The molecule has 0 atom stereocenters. The van der Waals surface area contributed by atoms with Crippen molar-refractivity contribution in [2.24, 2.45) is 12.0 Å². The Bertz CT molecular complexity index is 808. The van der Waals surface area contributed by atoms with E-state index >= 15 is 0 Å². The average Bonchev–Trinajstić information content (AvgIpc) is 2.86. The first-order valence-corrected chi connectivity index (χ1v) is 9.51. The van der Waals surface area contributed by atoms with Crippen LogP contribution in [-0.2, 0) is 26.7 Å². The normalized spacial score (nSPS) is 11.5. The molecule has 1 aromatic carbocycles. The van der Waals surface area contributed by atoms with Crippen LogP contribution in [0.15, 0.2) is 29.3 Å². The van der Waals surface area contributed by atoms with E-state index in [9.17, 15) is 4.39 Å². The third-order valence-electron chi connectivity index (χ3n) is 4.01. The number of nitrogens with zero attached hydrogens (tertiary/aromatic N) is 3. The molecular formula is C19H27Cl2FIN5. The summed E-state index contributed by atoms with van der Waals surface area (Å²) in [5.41, 5.74) is 2.57. The second-order valence-electron chi connectivity index (χ2n) is 6.55. The number of rotatable bonds is 7. The Balaban J connectivity index is 0.00000392. The van der Waals surface area contributed by atoms with E-state index in [-0.39, 0.29) is 29.8 Å². The van der Waals surface area contributed by atoms with Gasteiger partial charge in [-0.3, -0.25) is 0 Å². The lowest BCUT2D eigenvalue weighted by Crippen LogP contribution is -2.37. The molecule has 0 spiro atoms. The fourth-order valence-corrected chi connectivity index (χ4v) is 3.05. The largest absolute Gasteiger partial charge is 0.357 e. The quantitative estimate of drug-likeness (QED) is 0.310. The number of hydrogen-bond acceptors (Lipinski definition) is 2. The van der Waals surface area contributed by atoms with E-state index in [1.807, 2.05) is 49.7 Å². The topological polar surface area (TPSA) is 44.6 Å². The van der Waals surface area contributed by atoms with E-state index in [4.69, 9.17) is 23.2 Å². The van der Waals surface area contributed by atoms with Gasteiger partial charge in [0.15, 0.2) is 5.96 Å². The highest BCUT2D eigenvalue weighted by molar-refractivity contribution is 14.0. The molecule has 2 N–H and O–H groups in total. The summed E-state index contributed by atoms with van der Waals surface area (Å²) in [5, 5.41) is 7.50. The number of nitrogens with one attached hydrogen (secondary N) is 2. The number of benzene rings is 1. The van der Waals surface area contributed by atoms with Crippen molar-refractivity contribution in [3.63, 3.8) is 0 Å². The minimum atomic E-state index is -0.195. The molecule has 5 nitrogen and oxygen atoms in total. The summed E-state index contributed by atoms with van der Waals surface area (Å²) in [6, 6.07) is 6.95. The van der Waals surface area contributed by atoms with Crippen molar-refractivity contribution in [3.8, 4) is 0 Å². The van der Waals surface area contributed by atoms with Gasteiger partial charge in [0.2, 0.25) is 0 Å². The van der Waals surface area contributed by atoms with Crippen LogP contribution in [0.3, 0.4) is 0 Å². The molecule has 28 heavy (non-hydrogen) atoms. The zero-order valence-corrected chi connectivity index (χ0v) is 20.4. The van der Waals surface area contributed by atoms with E-state index < -0.39 is 0 Å². The standard InChI is InChI=1S/C19H26Cl2FN5.HI/c1-5-23-19(25-11-15-9-16(20)18(21)27(15)4)24-10-13-6-7-17(22)14(8-13)12-26(2)3;/h6-9H,5,10-12H2,1-4H3,(H2,23,24,25);1H. The van der Waals surface area contributed by atoms with Crippen LogP contribution in [0.4, 0.5) is 4.39 Å². The Morgan fingerprint density at radius 1 is 1.21 bits per heavy atom. The van der Waals surface area contributed by atoms with Crippen LogP contribution >= 0.6 is 47.2 Å². The highest BCUT2D eigenvalue weighted by Gasteiger charge is 2.09. The third kappa shape index (κ3) is 7.09. The van der Waals surface area contributed by atoms with Crippen molar-refractivity contribution in [1.82, 2.24) is 20.1 Å². The first-order chi connectivity index (χ1) is 12.8. The van der Waals surface area contributed by atoms with Crippen LogP contribution in [0.2, 0.25) is 10.2 Å². The number of halogens is 4. The molecule has 0 bridgehead atoms. The Hall–Kier alpha value is -1.03. The fourth-order valence-electron chi connectivity index (χ4n) is 2.63. The maximum Gasteiger partial charge on any atom is 0.191 e. The van der Waals surface area contributed by atoms with Gasteiger partial charge in [0, 0.05) is 31.4 Å². The lowest BCUT2D eigenvalue weighted by Gasteiger charge is -2.13. The molecule has 0 aliphatic carbocycles. The number of hydrogen-bond donors (Lipinski definition) is 2. The third-order valence-corrected chi connectivity index (χ3v) is 4.86. The smallest absolute Gasteiger partial charge is 0.191 e. The van der Waals surface area contributed by atoms with Crippen LogP contribution in [0.25, 0.3) is 0 Å². The van der Waals surface area contributed by atoms with Crippen molar-refractivity contribution in [2.75, 3.05) is 20.6 Å².